The van der Waals surface area contributed by atoms with Crippen molar-refractivity contribution in [2.75, 3.05) is 6.54 Å². The molecular weight excluding hydrogens is 257 g/mol. The van der Waals surface area contributed by atoms with Crippen LogP contribution in [0.4, 0.5) is 4.39 Å². The molecule has 0 saturated heterocycles. The van der Waals surface area contributed by atoms with Gasteiger partial charge in [-0.1, -0.05) is 13.3 Å². The predicted octanol–water partition coefficient (Wildman–Crippen LogP) is 2.85. The van der Waals surface area contributed by atoms with Crippen LogP contribution in [-0.4, -0.2) is 22.2 Å². The summed E-state index contributed by atoms with van der Waals surface area (Å²) < 4.78 is 14.5. The lowest BCUT2D eigenvalue weighted by Crippen LogP contribution is -2.24. The molecule has 1 aromatic carbocycles. The quantitative estimate of drug-likeness (QED) is 0.853. The van der Waals surface area contributed by atoms with E-state index in [1.54, 1.807) is 22.9 Å². The number of nitrogens with zero attached hydrogens (tertiary/aromatic N) is 2. The van der Waals surface area contributed by atoms with E-state index in [1.807, 2.05) is 6.92 Å². The van der Waals surface area contributed by atoms with Crippen molar-refractivity contribution in [3.8, 4) is 5.69 Å². The maximum absolute atomic E-state index is 12.9. The number of unbranched alkanes of at least 4 members (excludes halogenated alkanes) is 1. The van der Waals surface area contributed by atoms with E-state index in [0.29, 0.717) is 12.2 Å². The van der Waals surface area contributed by atoms with Gasteiger partial charge in [0.15, 0.2) is 5.69 Å². The molecule has 106 valence electrons. The van der Waals surface area contributed by atoms with Crippen LogP contribution in [0.1, 0.15) is 35.9 Å². The number of hydrogen-bond donors (Lipinski definition) is 1. The number of rotatable bonds is 5. The fourth-order valence-corrected chi connectivity index (χ4v) is 1.90. The van der Waals surface area contributed by atoms with E-state index >= 15 is 0 Å². The first-order valence-electron chi connectivity index (χ1n) is 6.72. The number of halogens is 1. The molecule has 0 radical (unpaired) electrons. The van der Waals surface area contributed by atoms with Gasteiger partial charge in [-0.15, -0.1) is 0 Å². The van der Waals surface area contributed by atoms with E-state index in [-0.39, 0.29) is 11.7 Å². The summed E-state index contributed by atoms with van der Waals surface area (Å²) in [5.74, 6) is -0.474. The van der Waals surface area contributed by atoms with Gasteiger partial charge in [0.2, 0.25) is 0 Å². The molecule has 1 heterocycles. The van der Waals surface area contributed by atoms with Crippen molar-refractivity contribution in [1.82, 2.24) is 15.1 Å². The normalized spacial score (nSPS) is 10.6. The molecule has 0 aliphatic heterocycles. The Morgan fingerprint density at radius 2 is 2.05 bits per heavy atom. The molecule has 5 heteroatoms. The highest BCUT2D eigenvalue weighted by Gasteiger charge is 2.12. The van der Waals surface area contributed by atoms with Gasteiger partial charge in [0.05, 0.1) is 5.69 Å². The van der Waals surface area contributed by atoms with Crippen LogP contribution in [0.5, 0.6) is 0 Å². The second-order valence-corrected chi connectivity index (χ2v) is 4.67. The molecule has 0 bridgehead atoms. The minimum atomic E-state index is -0.295. The number of hydrogen-bond acceptors (Lipinski definition) is 2. The monoisotopic (exact) mass is 275 g/mol. The van der Waals surface area contributed by atoms with Crippen LogP contribution in [0, 0.1) is 12.7 Å². The van der Waals surface area contributed by atoms with Crippen molar-refractivity contribution < 1.29 is 9.18 Å². The molecule has 1 N–H and O–H groups in total. The summed E-state index contributed by atoms with van der Waals surface area (Å²) in [6.45, 7) is 4.58. The van der Waals surface area contributed by atoms with Crippen molar-refractivity contribution in [3.05, 3.63) is 47.5 Å². The van der Waals surface area contributed by atoms with E-state index < -0.39 is 0 Å². The molecule has 0 fully saturated rings. The number of carbonyl (C=O) groups is 1. The number of nitrogens with one attached hydrogen (secondary N) is 1. The third kappa shape index (κ3) is 3.23. The summed E-state index contributed by atoms with van der Waals surface area (Å²) in [5.41, 5.74) is 1.94. The zero-order chi connectivity index (χ0) is 14.5. The number of aryl methyl sites for hydroxylation is 1. The molecule has 1 aromatic heterocycles. The fraction of sp³-hybridized carbons (Fsp3) is 0.333. The predicted molar refractivity (Wildman–Crippen MR) is 75.5 cm³/mol. The van der Waals surface area contributed by atoms with E-state index in [2.05, 4.69) is 17.3 Å². The van der Waals surface area contributed by atoms with Gasteiger partial charge in [-0.3, -0.25) is 4.79 Å². The summed E-state index contributed by atoms with van der Waals surface area (Å²) in [5, 5.41) is 7.10. The Labute approximate surface area is 117 Å². The second-order valence-electron chi connectivity index (χ2n) is 4.67. The zero-order valence-electron chi connectivity index (χ0n) is 11.7. The molecule has 0 atom stereocenters. The molecule has 0 saturated carbocycles. The molecule has 0 aliphatic rings. The molecule has 20 heavy (non-hydrogen) atoms. The van der Waals surface area contributed by atoms with Crippen LogP contribution in [0.15, 0.2) is 30.3 Å². The number of amides is 1. The maximum Gasteiger partial charge on any atom is 0.271 e. The first-order chi connectivity index (χ1) is 9.61. The van der Waals surface area contributed by atoms with Gasteiger partial charge in [-0.05, 0) is 43.7 Å². The second kappa shape index (κ2) is 6.32. The lowest BCUT2D eigenvalue weighted by Gasteiger charge is -2.03. The third-order valence-electron chi connectivity index (χ3n) is 3.01. The van der Waals surface area contributed by atoms with Crippen molar-refractivity contribution in [3.63, 3.8) is 0 Å². The van der Waals surface area contributed by atoms with Crippen molar-refractivity contribution >= 4 is 5.91 Å². The topological polar surface area (TPSA) is 46.9 Å². The number of aromatic nitrogens is 2. The van der Waals surface area contributed by atoms with Crippen LogP contribution in [0.2, 0.25) is 0 Å². The van der Waals surface area contributed by atoms with Crippen molar-refractivity contribution in [2.24, 2.45) is 0 Å². The van der Waals surface area contributed by atoms with Crippen LogP contribution in [0.3, 0.4) is 0 Å². The minimum Gasteiger partial charge on any atom is -0.351 e. The van der Waals surface area contributed by atoms with E-state index in [9.17, 15) is 9.18 Å². The minimum absolute atomic E-state index is 0.178. The van der Waals surface area contributed by atoms with E-state index in [0.717, 1.165) is 24.2 Å². The average Bonchev–Trinajstić information content (AvgIpc) is 2.82. The Hall–Kier alpha value is -2.17. The SMILES string of the molecule is CCCCNC(=O)c1cc(C)n(-c2ccc(F)cc2)n1. The van der Waals surface area contributed by atoms with Crippen molar-refractivity contribution in [2.45, 2.75) is 26.7 Å². The Morgan fingerprint density at radius 1 is 1.35 bits per heavy atom. The van der Waals surface area contributed by atoms with Crippen LogP contribution in [-0.2, 0) is 0 Å². The summed E-state index contributed by atoms with van der Waals surface area (Å²) in [6.07, 6.45) is 1.98. The van der Waals surface area contributed by atoms with Gasteiger partial charge in [0, 0.05) is 12.2 Å². The van der Waals surface area contributed by atoms with Crippen LogP contribution in [0.25, 0.3) is 5.69 Å². The molecular formula is C15H18FN3O. The molecule has 0 aliphatic carbocycles. The molecule has 0 unspecified atom stereocenters. The number of carbonyl (C=O) groups excluding carboxylic acids is 1. The highest BCUT2D eigenvalue weighted by molar-refractivity contribution is 5.92. The van der Waals surface area contributed by atoms with Gasteiger partial charge >= 0.3 is 0 Å². The largest absolute Gasteiger partial charge is 0.351 e. The highest BCUT2D eigenvalue weighted by atomic mass is 19.1. The molecule has 0 spiro atoms. The van der Waals surface area contributed by atoms with Gasteiger partial charge in [-0.25, -0.2) is 9.07 Å². The van der Waals surface area contributed by atoms with E-state index in [4.69, 9.17) is 0 Å². The molecule has 2 rings (SSSR count). The molecule has 4 nitrogen and oxygen atoms in total. The fourth-order valence-electron chi connectivity index (χ4n) is 1.90. The zero-order valence-corrected chi connectivity index (χ0v) is 11.7. The average molecular weight is 275 g/mol. The number of benzene rings is 1. The van der Waals surface area contributed by atoms with Gasteiger partial charge in [0.1, 0.15) is 5.82 Å². The highest BCUT2D eigenvalue weighted by Crippen LogP contribution is 2.13. The first-order valence-corrected chi connectivity index (χ1v) is 6.72. The first kappa shape index (κ1) is 14.2. The smallest absolute Gasteiger partial charge is 0.271 e. The third-order valence-corrected chi connectivity index (χ3v) is 3.01. The Bertz CT molecular complexity index is 590. The van der Waals surface area contributed by atoms with E-state index in [1.165, 1.54) is 12.1 Å². The van der Waals surface area contributed by atoms with Crippen molar-refractivity contribution in [1.29, 1.82) is 0 Å². The standard InChI is InChI=1S/C15H18FN3O/c1-3-4-9-17-15(20)14-10-11(2)19(18-14)13-7-5-12(16)6-8-13/h5-8,10H,3-4,9H2,1-2H3,(H,17,20). The summed E-state index contributed by atoms with van der Waals surface area (Å²) >= 11 is 0. The maximum atomic E-state index is 12.9. The van der Waals surface area contributed by atoms with Gasteiger partial charge in [0.25, 0.3) is 5.91 Å². The lowest BCUT2D eigenvalue weighted by atomic mass is 10.3. The van der Waals surface area contributed by atoms with Crippen LogP contribution >= 0.6 is 0 Å². The summed E-state index contributed by atoms with van der Waals surface area (Å²) in [4.78, 5) is 11.9. The Morgan fingerprint density at radius 3 is 2.70 bits per heavy atom. The molecule has 1 amide bonds. The molecule has 2 aromatic rings. The Balaban J connectivity index is 2.17. The van der Waals surface area contributed by atoms with Crippen LogP contribution < -0.4 is 5.32 Å². The summed E-state index contributed by atoms with van der Waals surface area (Å²) in [7, 11) is 0. The van der Waals surface area contributed by atoms with Gasteiger partial charge < -0.3 is 5.32 Å². The summed E-state index contributed by atoms with van der Waals surface area (Å²) in [6, 6.07) is 7.74. The Kier molecular flexibility index (Phi) is 4.50. The van der Waals surface area contributed by atoms with Gasteiger partial charge in [-0.2, -0.15) is 5.10 Å². The lowest BCUT2D eigenvalue weighted by molar-refractivity contribution is 0.0947.